The van der Waals surface area contributed by atoms with Gasteiger partial charge in [0, 0.05) is 10.9 Å². The molecule has 2 amide bonds. The molecule has 3 N–H and O–H groups in total. The molecule has 9 heteroatoms. The maximum absolute atomic E-state index is 12.4. The van der Waals surface area contributed by atoms with Gasteiger partial charge >= 0.3 is 5.69 Å². The molecule has 0 fully saturated rings. The van der Waals surface area contributed by atoms with Crippen LogP contribution in [0.2, 0.25) is 0 Å². The second-order valence-corrected chi connectivity index (χ2v) is 9.54. The normalized spacial score (nSPS) is 15.9. The number of rotatable bonds is 6. The van der Waals surface area contributed by atoms with Crippen molar-refractivity contribution >= 4 is 33.8 Å². The lowest BCUT2D eigenvalue weighted by atomic mass is 9.72. The first-order valence-electron chi connectivity index (χ1n) is 9.68. The molecule has 3 rings (SSSR count). The van der Waals surface area contributed by atoms with Crippen LogP contribution < -0.4 is 15.8 Å². The quantitative estimate of drug-likeness (QED) is 0.530. The van der Waals surface area contributed by atoms with E-state index in [1.165, 1.54) is 29.5 Å². The highest BCUT2D eigenvalue weighted by atomic mass is 32.1. The Morgan fingerprint density at radius 1 is 1.33 bits per heavy atom. The van der Waals surface area contributed by atoms with E-state index in [1.807, 2.05) is 0 Å². The summed E-state index contributed by atoms with van der Waals surface area (Å²) in [7, 11) is 0. The maximum atomic E-state index is 12.4. The van der Waals surface area contributed by atoms with E-state index in [2.05, 4.69) is 26.1 Å². The number of fused-ring (bicyclic) bond motifs is 1. The summed E-state index contributed by atoms with van der Waals surface area (Å²) in [5.41, 5.74) is 6.82. The number of anilines is 1. The molecule has 0 saturated carbocycles. The number of nitro benzene ring substituents is 1. The molecule has 2 aromatic rings. The fraction of sp³-hybridized carbons (Fsp3) is 0.429. The zero-order valence-electron chi connectivity index (χ0n) is 17.2. The molecular weight excluding hydrogens is 406 g/mol. The SMILES string of the molecule is CC(C)(C)[C@H]1CCc2c(sc(NC(=O)COc3ccccc3[N+](=O)[O-])c2C(N)=O)C1. The highest BCUT2D eigenvalue weighted by Crippen LogP contribution is 2.44. The predicted molar refractivity (Wildman–Crippen MR) is 115 cm³/mol. The van der Waals surface area contributed by atoms with Gasteiger partial charge in [0.15, 0.2) is 12.4 Å². The average Bonchev–Trinajstić information content (AvgIpc) is 3.02. The summed E-state index contributed by atoms with van der Waals surface area (Å²) in [6.45, 7) is 6.19. The largest absolute Gasteiger partial charge is 0.477 e. The lowest BCUT2D eigenvalue weighted by Crippen LogP contribution is -2.27. The Morgan fingerprint density at radius 2 is 2.03 bits per heavy atom. The molecule has 160 valence electrons. The number of amides is 2. The molecule has 0 bridgehead atoms. The van der Waals surface area contributed by atoms with Gasteiger partial charge < -0.3 is 15.8 Å². The number of nitrogens with zero attached hydrogens (tertiary/aromatic N) is 1. The van der Waals surface area contributed by atoms with E-state index in [9.17, 15) is 19.7 Å². The second kappa shape index (κ2) is 8.43. The molecule has 30 heavy (non-hydrogen) atoms. The first-order valence-corrected chi connectivity index (χ1v) is 10.5. The molecule has 0 unspecified atom stereocenters. The topological polar surface area (TPSA) is 125 Å². The van der Waals surface area contributed by atoms with Gasteiger partial charge in [-0.2, -0.15) is 0 Å². The first-order chi connectivity index (χ1) is 14.1. The van der Waals surface area contributed by atoms with Gasteiger partial charge in [-0.25, -0.2) is 0 Å². The number of thiophene rings is 1. The van der Waals surface area contributed by atoms with Crippen LogP contribution in [0.1, 0.15) is 48.0 Å². The Bertz CT molecular complexity index is 993. The number of hydrogen-bond donors (Lipinski definition) is 2. The van der Waals surface area contributed by atoms with Gasteiger partial charge in [-0.15, -0.1) is 11.3 Å². The number of nitrogens with one attached hydrogen (secondary N) is 1. The first kappa shape index (κ1) is 21.8. The Hall–Kier alpha value is -2.94. The van der Waals surface area contributed by atoms with Crippen molar-refractivity contribution in [3.05, 3.63) is 50.4 Å². The van der Waals surface area contributed by atoms with Crippen molar-refractivity contribution in [2.24, 2.45) is 17.1 Å². The monoisotopic (exact) mass is 431 g/mol. The van der Waals surface area contributed by atoms with Gasteiger partial charge in [0.1, 0.15) is 5.00 Å². The number of nitrogens with two attached hydrogens (primary N) is 1. The summed E-state index contributed by atoms with van der Waals surface area (Å²) in [4.78, 5) is 36.1. The second-order valence-electron chi connectivity index (χ2n) is 8.44. The lowest BCUT2D eigenvalue weighted by molar-refractivity contribution is -0.385. The number of hydrogen-bond acceptors (Lipinski definition) is 6. The molecule has 1 aromatic heterocycles. The number of ether oxygens (including phenoxy) is 1. The third-order valence-electron chi connectivity index (χ3n) is 5.41. The fourth-order valence-corrected chi connectivity index (χ4v) is 5.06. The van der Waals surface area contributed by atoms with Crippen LogP contribution in [0.3, 0.4) is 0 Å². The van der Waals surface area contributed by atoms with Crippen molar-refractivity contribution in [1.29, 1.82) is 0 Å². The number of carbonyl (C=O) groups excluding carboxylic acids is 2. The van der Waals surface area contributed by atoms with Crippen molar-refractivity contribution in [1.82, 2.24) is 0 Å². The highest BCUT2D eigenvalue weighted by molar-refractivity contribution is 7.17. The van der Waals surface area contributed by atoms with Gasteiger partial charge in [0.05, 0.1) is 10.5 Å². The van der Waals surface area contributed by atoms with Crippen LogP contribution in [0.5, 0.6) is 5.75 Å². The minimum Gasteiger partial charge on any atom is -0.477 e. The molecular formula is C21H25N3O5S. The number of primary amides is 1. The van der Waals surface area contributed by atoms with Gasteiger partial charge in [-0.1, -0.05) is 32.9 Å². The van der Waals surface area contributed by atoms with Crippen molar-refractivity contribution in [3.8, 4) is 5.75 Å². The van der Waals surface area contributed by atoms with Crippen molar-refractivity contribution in [2.75, 3.05) is 11.9 Å². The minimum absolute atomic E-state index is 0.00580. The van der Waals surface area contributed by atoms with Crippen molar-refractivity contribution in [2.45, 2.75) is 40.0 Å². The van der Waals surface area contributed by atoms with E-state index in [0.29, 0.717) is 16.5 Å². The fourth-order valence-electron chi connectivity index (χ4n) is 3.71. The molecule has 1 atom stereocenters. The Kier molecular flexibility index (Phi) is 6.12. The van der Waals surface area contributed by atoms with Gasteiger partial charge in [0.2, 0.25) is 0 Å². The lowest BCUT2D eigenvalue weighted by Gasteiger charge is -2.33. The maximum Gasteiger partial charge on any atom is 0.310 e. The van der Waals surface area contributed by atoms with Crippen molar-refractivity contribution in [3.63, 3.8) is 0 Å². The molecule has 0 radical (unpaired) electrons. The van der Waals surface area contributed by atoms with E-state index in [-0.39, 0.29) is 16.9 Å². The third-order valence-corrected chi connectivity index (χ3v) is 6.58. The smallest absolute Gasteiger partial charge is 0.310 e. The van der Waals surface area contributed by atoms with Crippen LogP contribution in [0, 0.1) is 21.4 Å². The third kappa shape index (κ3) is 4.62. The van der Waals surface area contributed by atoms with Crippen LogP contribution >= 0.6 is 11.3 Å². The van der Waals surface area contributed by atoms with Crippen LogP contribution in [-0.4, -0.2) is 23.3 Å². The molecule has 1 aromatic carbocycles. The molecule has 1 heterocycles. The standard InChI is InChI=1S/C21H25N3O5S/c1-21(2,3)12-8-9-13-16(10-12)30-20(18(13)19(22)26)23-17(25)11-29-15-7-5-4-6-14(15)24(27)28/h4-7,12H,8-11H2,1-3H3,(H2,22,26)(H,23,25)/t12-/m0/s1. The predicted octanol–water partition coefficient (Wildman–Crippen LogP) is 3.92. The van der Waals surface area contributed by atoms with Gasteiger partial charge in [0.25, 0.3) is 11.8 Å². The van der Waals surface area contributed by atoms with Crippen LogP contribution in [0.15, 0.2) is 24.3 Å². The van der Waals surface area contributed by atoms with Crippen LogP contribution in [0.4, 0.5) is 10.7 Å². The van der Waals surface area contributed by atoms with Gasteiger partial charge in [-0.3, -0.25) is 19.7 Å². The van der Waals surface area contributed by atoms with E-state index >= 15 is 0 Å². The highest BCUT2D eigenvalue weighted by Gasteiger charge is 2.33. The van der Waals surface area contributed by atoms with E-state index < -0.39 is 23.3 Å². The van der Waals surface area contributed by atoms with E-state index in [1.54, 1.807) is 6.07 Å². The molecule has 1 aliphatic carbocycles. The number of nitro groups is 1. The summed E-state index contributed by atoms with van der Waals surface area (Å²) in [5, 5.41) is 14.2. The van der Waals surface area contributed by atoms with Gasteiger partial charge in [-0.05, 0) is 42.2 Å². The molecule has 8 nitrogen and oxygen atoms in total. The summed E-state index contributed by atoms with van der Waals surface area (Å²) < 4.78 is 5.33. The number of para-hydroxylation sites is 2. The zero-order valence-corrected chi connectivity index (χ0v) is 18.0. The zero-order chi connectivity index (χ0) is 22.1. The molecule has 0 saturated heterocycles. The summed E-state index contributed by atoms with van der Waals surface area (Å²) >= 11 is 1.37. The van der Waals surface area contributed by atoms with Crippen molar-refractivity contribution < 1.29 is 19.2 Å². The Morgan fingerprint density at radius 3 is 2.67 bits per heavy atom. The minimum atomic E-state index is -0.573. The Balaban J connectivity index is 1.75. The van der Waals surface area contributed by atoms with Crippen LogP contribution in [0.25, 0.3) is 0 Å². The average molecular weight is 432 g/mol. The van der Waals surface area contributed by atoms with E-state index in [4.69, 9.17) is 10.5 Å². The Labute approximate surface area is 178 Å². The number of carbonyl (C=O) groups is 2. The summed E-state index contributed by atoms with van der Waals surface area (Å²) in [5.74, 6) is -0.598. The molecule has 0 spiro atoms. The summed E-state index contributed by atoms with van der Waals surface area (Å²) in [6.07, 6.45) is 2.54. The summed E-state index contributed by atoms with van der Waals surface area (Å²) in [6, 6.07) is 5.84. The van der Waals surface area contributed by atoms with Crippen LogP contribution in [-0.2, 0) is 17.6 Å². The molecule has 0 aliphatic heterocycles. The molecule has 1 aliphatic rings. The van der Waals surface area contributed by atoms with E-state index in [0.717, 1.165) is 29.7 Å². The number of benzene rings is 1.